The monoisotopic (exact) mass is 274 g/mol. The summed E-state index contributed by atoms with van der Waals surface area (Å²) >= 11 is 0. The van der Waals surface area contributed by atoms with Crippen LogP contribution in [0.25, 0.3) is 32.7 Å². The molecule has 0 aliphatic carbocycles. The first-order valence-electron chi connectivity index (χ1n) is 7.38. The van der Waals surface area contributed by atoms with Gasteiger partial charge in [0.2, 0.25) is 0 Å². The lowest BCUT2D eigenvalue weighted by Crippen LogP contribution is -2.11. The second kappa shape index (κ2) is 4.11. The fourth-order valence-electron chi connectivity index (χ4n) is 3.14. The molecule has 0 radical (unpaired) electrons. The van der Waals surface area contributed by atoms with Crippen LogP contribution in [0, 0.1) is 0 Å². The van der Waals surface area contributed by atoms with Gasteiger partial charge in [0.25, 0.3) is 0 Å². The zero-order valence-corrected chi connectivity index (χ0v) is 12.6. The lowest BCUT2D eigenvalue weighted by Gasteiger charge is -2.20. The maximum absolute atomic E-state index is 6.10. The zero-order chi connectivity index (χ0) is 14.6. The first-order chi connectivity index (χ1) is 10.0. The van der Waals surface area contributed by atoms with Gasteiger partial charge in [0, 0.05) is 10.8 Å². The van der Waals surface area contributed by atoms with E-state index in [1.54, 1.807) is 0 Å². The molecule has 0 unspecified atom stereocenters. The molecular formula is C20H18O. The maximum atomic E-state index is 6.10. The van der Waals surface area contributed by atoms with Crippen LogP contribution in [0.2, 0.25) is 0 Å². The van der Waals surface area contributed by atoms with Crippen molar-refractivity contribution in [2.45, 2.75) is 26.2 Å². The highest BCUT2D eigenvalue weighted by atomic mass is 16.3. The molecule has 1 nitrogen and oxygen atoms in total. The van der Waals surface area contributed by atoms with Crippen molar-refractivity contribution in [2.24, 2.45) is 0 Å². The molecule has 0 amide bonds. The van der Waals surface area contributed by atoms with Crippen molar-refractivity contribution in [3.05, 3.63) is 60.2 Å². The van der Waals surface area contributed by atoms with E-state index >= 15 is 0 Å². The van der Waals surface area contributed by atoms with E-state index in [1.165, 1.54) is 27.1 Å². The standard InChI is InChI=1S/C20H18O/c1-20(2,3)16-9-6-10-17-19(16)15-11-13-7-4-5-8-14(13)12-18(15)21-17/h4-12H,1-3H3. The van der Waals surface area contributed by atoms with Gasteiger partial charge < -0.3 is 4.42 Å². The maximum Gasteiger partial charge on any atom is 0.136 e. The number of hydrogen-bond donors (Lipinski definition) is 0. The minimum atomic E-state index is 0.0992. The van der Waals surface area contributed by atoms with Gasteiger partial charge in [-0.15, -0.1) is 0 Å². The Hall–Kier alpha value is -2.28. The summed E-state index contributed by atoms with van der Waals surface area (Å²) in [6, 6.07) is 19.2. The molecule has 1 aromatic heterocycles. The summed E-state index contributed by atoms with van der Waals surface area (Å²) in [5.41, 5.74) is 3.39. The van der Waals surface area contributed by atoms with Gasteiger partial charge in [0.1, 0.15) is 11.2 Å². The average Bonchev–Trinajstić information content (AvgIpc) is 2.81. The van der Waals surface area contributed by atoms with E-state index in [2.05, 4.69) is 75.4 Å². The summed E-state index contributed by atoms with van der Waals surface area (Å²) in [6.45, 7) is 6.75. The van der Waals surface area contributed by atoms with E-state index in [1.807, 2.05) is 0 Å². The van der Waals surface area contributed by atoms with Gasteiger partial charge in [-0.05, 0) is 39.9 Å². The van der Waals surface area contributed by atoms with Gasteiger partial charge in [0.05, 0.1) is 0 Å². The SMILES string of the molecule is CC(C)(C)c1cccc2oc3cc4ccccc4cc3c12. The fraction of sp³-hybridized carbons (Fsp3) is 0.200. The summed E-state index contributed by atoms with van der Waals surface area (Å²) in [4.78, 5) is 0. The Morgan fingerprint density at radius 3 is 2.19 bits per heavy atom. The van der Waals surface area contributed by atoms with Crippen LogP contribution in [0.1, 0.15) is 26.3 Å². The Morgan fingerprint density at radius 1 is 0.762 bits per heavy atom. The van der Waals surface area contributed by atoms with Crippen LogP contribution in [0.4, 0.5) is 0 Å². The molecule has 0 saturated carbocycles. The molecule has 4 rings (SSSR count). The Morgan fingerprint density at radius 2 is 1.48 bits per heavy atom. The van der Waals surface area contributed by atoms with Crippen LogP contribution in [0.15, 0.2) is 59.0 Å². The quantitative estimate of drug-likeness (QED) is 0.381. The molecule has 0 aliphatic heterocycles. The van der Waals surface area contributed by atoms with Crippen molar-refractivity contribution in [3.63, 3.8) is 0 Å². The number of hydrogen-bond acceptors (Lipinski definition) is 1. The van der Waals surface area contributed by atoms with E-state index in [4.69, 9.17) is 4.42 Å². The van der Waals surface area contributed by atoms with Gasteiger partial charge in [-0.1, -0.05) is 57.2 Å². The summed E-state index contributed by atoms with van der Waals surface area (Å²) in [5.74, 6) is 0. The lowest BCUT2D eigenvalue weighted by atomic mass is 9.84. The molecule has 4 aromatic rings. The van der Waals surface area contributed by atoms with Gasteiger partial charge in [-0.3, -0.25) is 0 Å². The molecule has 104 valence electrons. The van der Waals surface area contributed by atoms with Crippen LogP contribution < -0.4 is 0 Å². The normalized spacial score (nSPS) is 12.5. The molecule has 3 aromatic carbocycles. The smallest absolute Gasteiger partial charge is 0.136 e. The van der Waals surface area contributed by atoms with E-state index in [-0.39, 0.29) is 5.41 Å². The number of fused-ring (bicyclic) bond motifs is 4. The predicted molar refractivity (Wildman–Crippen MR) is 89.9 cm³/mol. The first-order valence-corrected chi connectivity index (χ1v) is 7.38. The second-order valence-corrected chi connectivity index (χ2v) is 6.73. The lowest BCUT2D eigenvalue weighted by molar-refractivity contribution is 0.594. The first kappa shape index (κ1) is 12.5. The molecule has 0 spiro atoms. The zero-order valence-electron chi connectivity index (χ0n) is 12.6. The van der Waals surface area contributed by atoms with E-state index in [9.17, 15) is 0 Å². The van der Waals surface area contributed by atoms with Crippen molar-refractivity contribution in [1.82, 2.24) is 0 Å². The third-order valence-corrected chi connectivity index (χ3v) is 4.17. The molecule has 0 fully saturated rings. The van der Waals surface area contributed by atoms with Crippen molar-refractivity contribution in [3.8, 4) is 0 Å². The van der Waals surface area contributed by atoms with Gasteiger partial charge in [-0.2, -0.15) is 0 Å². The van der Waals surface area contributed by atoms with Crippen molar-refractivity contribution < 1.29 is 4.42 Å². The minimum absolute atomic E-state index is 0.0992. The molecule has 0 N–H and O–H groups in total. The third-order valence-electron chi connectivity index (χ3n) is 4.17. The Kier molecular flexibility index (Phi) is 2.44. The van der Waals surface area contributed by atoms with Crippen LogP contribution in [0.3, 0.4) is 0 Å². The molecule has 1 heteroatoms. The molecule has 21 heavy (non-hydrogen) atoms. The van der Waals surface area contributed by atoms with Gasteiger partial charge in [-0.25, -0.2) is 0 Å². The topological polar surface area (TPSA) is 13.1 Å². The number of rotatable bonds is 0. The largest absolute Gasteiger partial charge is 0.456 e. The predicted octanol–water partition coefficient (Wildman–Crippen LogP) is 6.04. The molecule has 0 atom stereocenters. The Labute approximate surface area is 124 Å². The highest BCUT2D eigenvalue weighted by Gasteiger charge is 2.20. The highest BCUT2D eigenvalue weighted by Crippen LogP contribution is 2.38. The van der Waals surface area contributed by atoms with E-state index < -0.39 is 0 Å². The Balaban J connectivity index is 2.22. The molecular weight excluding hydrogens is 256 g/mol. The summed E-state index contributed by atoms with van der Waals surface area (Å²) in [6.07, 6.45) is 0. The van der Waals surface area contributed by atoms with Gasteiger partial charge in [0.15, 0.2) is 0 Å². The van der Waals surface area contributed by atoms with Crippen molar-refractivity contribution in [2.75, 3.05) is 0 Å². The number of benzene rings is 3. The van der Waals surface area contributed by atoms with Crippen molar-refractivity contribution in [1.29, 1.82) is 0 Å². The molecule has 0 saturated heterocycles. The highest BCUT2D eigenvalue weighted by molar-refractivity contribution is 6.11. The Bertz CT molecular complexity index is 968. The van der Waals surface area contributed by atoms with E-state index in [0.29, 0.717) is 0 Å². The molecule has 1 heterocycles. The number of furan rings is 1. The minimum Gasteiger partial charge on any atom is -0.456 e. The molecule has 0 bridgehead atoms. The van der Waals surface area contributed by atoms with Gasteiger partial charge >= 0.3 is 0 Å². The van der Waals surface area contributed by atoms with Crippen LogP contribution in [-0.2, 0) is 5.41 Å². The summed E-state index contributed by atoms with van der Waals surface area (Å²) in [5, 5.41) is 4.96. The third kappa shape index (κ3) is 1.84. The fourth-order valence-corrected chi connectivity index (χ4v) is 3.14. The van der Waals surface area contributed by atoms with Crippen LogP contribution in [-0.4, -0.2) is 0 Å². The second-order valence-electron chi connectivity index (χ2n) is 6.73. The van der Waals surface area contributed by atoms with Crippen molar-refractivity contribution >= 4 is 32.7 Å². The van der Waals surface area contributed by atoms with Crippen LogP contribution >= 0.6 is 0 Å². The van der Waals surface area contributed by atoms with E-state index in [0.717, 1.165) is 11.2 Å². The summed E-state index contributed by atoms with van der Waals surface area (Å²) < 4.78 is 6.10. The summed E-state index contributed by atoms with van der Waals surface area (Å²) in [7, 11) is 0. The van der Waals surface area contributed by atoms with Crippen LogP contribution in [0.5, 0.6) is 0 Å². The average molecular weight is 274 g/mol. The molecule has 0 aliphatic rings.